The predicted molar refractivity (Wildman–Crippen MR) is 67.1 cm³/mol. The molecule has 0 amide bonds. The highest BCUT2D eigenvalue weighted by molar-refractivity contribution is 7.80. The van der Waals surface area contributed by atoms with Gasteiger partial charge in [-0.25, -0.2) is 0 Å². The van der Waals surface area contributed by atoms with Gasteiger partial charge in [0.05, 0.1) is 11.2 Å². The van der Waals surface area contributed by atoms with Gasteiger partial charge in [-0.15, -0.1) is 5.11 Å². The molecular weight excluding hydrogens is 220 g/mol. The number of aromatic nitrogens is 1. The second-order valence-electron chi connectivity index (χ2n) is 3.23. The van der Waals surface area contributed by atoms with Gasteiger partial charge in [-0.05, 0) is 24.4 Å². The van der Waals surface area contributed by atoms with E-state index in [2.05, 4.69) is 27.4 Å². The zero-order chi connectivity index (χ0) is 11.4. The molecule has 0 bridgehead atoms. The molecule has 0 spiro atoms. The summed E-state index contributed by atoms with van der Waals surface area (Å²) >= 11 is 4.58. The lowest BCUT2D eigenvalue weighted by atomic mass is 10.2. The Hall–Kier alpha value is -1.88. The highest BCUT2D eigenvalue weighted by atomic mass is 32.1. The van der Waals surface area contributed by atoms with Crippen LogP contribution < -0.4 is 5.73 Å². The average Bonchev–Trinajstić information content (AvgIpc) is 2.28. The molecule has 1 aromatic heterocycles. The number of pyridine rings is 1. The SMILES string of the molecule is NC(=S)N=NCc1ccc2ccccc2n1. The number of benzene rings is 1. The number of thiocarbonyl (C=S) groups is 1. The molecule has 2 aromatic rings. The van der Waals surface area contributed by atoms with Crippen molar-refractivity contribution in [3.63, 3.8) is 0 Å². The zero-order valence-electron chi connectivity index (χ0n) is 8.50. The minimum atomic E-state index is 0.0424. The van der Waals surface area contributed by atoms with Crippen LogP contribution in [-0.4, -0.2) is 10.1 Å². The standard InChI is InChI=1S/C11H10N4S/c12-11(16)15-13-7-9-6-5-8-3-1-2-4-10(8)14-9/h1-6H,7H2,(H2,12,16). The first kappa shape index (κ1) is 10.6. The van der Waals surface area contributed by atoms with Crippen LogP contribution in [0.25, 0.3) is 10.9 Å². The number of nitrogens with zero attached hydrogens (tertiary/aromatic N) is 3. The quantitative estimate of drug-likeness (QED) is 0.636. The maximum absolute atomic E-state index is 5.20. The van der Waals surface area contributed by atoms with E-state index in [0.29, 0.717) is 6.54 Å². The molecule has 16 heavy (non-hydrogen) atoms. The number of hydrogen-bond acceptors (Lipinski definition) is 3. The molecule has 0 saturated heterocycles. The lowest BCUT2D eigenvalue weighted by molar-refractivity contribution is 0.934. The first-order valence-electron chi connectivity index (χ1n) is 4.77. The Morgan fingerprint density at radius 2 is 2.06 bits per heavy atom. The maximum atomic E-state index is 5.20. The van der Waals surface area contributed by atoms with Crippen molar-refractivity contribution in [1.29, 1.82) is 0 Å². The van der Waals surface area contributed by atoms with Crippen LogP contribution >= 0.6 is 12.2 Å². The Bertz CT molecular complexity index is 550. The van der Waals surface area contributed by atoms with Gasteiger partial charge in [-0.3, -0.25) is 4.98 Å². The van der Waals surface area contributed by atoms with Crippen molar-refractivity contribution in [2.24, 2.45) is 16.0 Å². The second-order valence-corrected chi connectivity index (χ2v) is 3.65. The van der Waals surface area contributed by atoms with E-state index in [1.54, 1.807) is 0 Å². The topological polar surface area (TPSA) is 63.6 Å². The van der Waals surface area contributed by atoms with E-state index in [1.165, 1.54) is 0 Å². The Labute approximate surface area is 98.2 Å². The van der Waals surface area contributed by atoms with Crippen LogP contribution in [0.2, 0.25) is 0 Å². The van der Waals surface area contributed by atoms with E-state index in [-0.39, 0.29) is 5.11 Å². The van der Waals surface area contributed by atoms with Gasteiger partial charge < -0.3 is 5.73 Å². The van der Waals surface area contributed by atoms with Gasteiger partial charge in [0.1, 0.15) is 6.54 Å². The van der Waals surface area contributed by atoms with Crippen molar-refractivity contribution in [1.82, 2.24) is 4.98 Å². The van der Waals surface area contributed by atoms with Gasteiger partial charge in [0.2, 0.25) is 5.11 Å². The normalized spacial score (nSPS) is 11.0. The fourth-order valence-electron chi connectivity index (χ4n) is 1.37. The van der Waals surface area contributed by atoms with Crippen LogP contribution in [0.3, 0.4) is 0 Å². The largest absolute Gasteiger partial charge is 0.373 e. The summed E-state index contributed by atoms with van der Waals surface area (Å²) in [7, 11) is 0. The van der Waals surface area contributed by atoms with E-state index < -0.39 is 0 Å². The Morgan fingerprint density at radius 1 is 1.25 bits per heavy atom. The molecule has 0 aliphatic heterocycles. The minimum absolute atomic E-state index is 0.0424. The van der Waals surface area contributed by atoms with E-state index in [0.717, 1.165) is 16.6 Å². The molecule has 2 rings (SSSR count). The van der Waals surface area contributed by atoms with E-state index in [1.807, 2.05) is 36.4 Å². The Balaban J connectivity index is 2.23. The number of rotatable bonds is 2. The molecule has 1 aromatic carbocycles. The number of para-hydroxylation sites is 1. The van der Waals surface area contributed by atoms with Gasteiger partial charge in [-0.2, -0.15) is 5.11 Å². The van der Waals surface area contributed by atoms with Gasteiger partial charge in [0.15, 0.2) is 0 Å². The Morgan fingerprint density at radius 3 is 2.88 bits per heavy atom. The molecule has 0 saturated carbocycles. The third kappa shape index (κ3) is 2.58. The summed E-state index contributed by atoms with van der Waals surface area (Å²) in [5, 5.41) is 8.59. The van der Waals surface area contributed by atoms with Crippen molar-refractivity contribution >= 4 is 28.2 Å². The molecule has 4 nitrogen and oxygen atoms in total. The molecule has 1 heterocycles. The van der Waals surface area contributed by atoms with Crippen molar-refractivity contribution in [3.05, 3.63) is 42.1 Å². The third-order valence-electron chi connectivity index (χ3n) is 2.06. The lowest BCUT2D eigenvalue weighted by Crippen LogP contribution is -2.02. The number of hydrogen-bond donors (Lipinski definition) is 1. The van der Waals surface area contributed by atoms with Gasteiger partial charge in [0.25, 0.3) is 0 Å². The van der Waals surface area contributed by atoms with Crippen LogP contribution in [0, 0.1) is 0 Å². The zero-order valence-corrected chi connectivity index (χ0v) is 9.31. The predicted octanol–water partition coefficient (Wildman–Crippen LogP) is 2.43. The van der Waals surface area contributed by atoms with E-state index >= 15 is 0 Å². The highest BCUT2D eigenvalue weighted by Gasteiger charge is 1.96. The van der Waals surface area contributed by atoms with Gasteiger partial charge in [0, 0.05) is 5.39 Å². The fraction of sp³-hybridized carbons (Fsp3) is 0.0909. The second kappa shape index (κ2) is 4.76. The Kier molecular flexibility index (Phi) is 3.16. The summed E-state index contributed by atoms with van der Waals surface area (Å²) in [6.07, 6.45) is 0. The third-order valence-corrected chi connectivity index (χ3v) is 2.14. The number of nitrogens with two attached hydrogens (primary N) is 1. The summed E-state index contributed by atoms with van der Waals surface area (Å²) in [6.45, 7) is 0.391. The average molecular weight is 230 g/mol. The van der Waals surface area contributed by atoms with E-state index in [4.69, 9.17) is 5.73 Å². The molecule has 0 fully saturated rings. The van der Waals surface area contributed by atoms with Crippen LogP contribution in [0.15, 0.2) is 46.6 Å². The molecule has 0 atom stereocenters. The molecule has 0 aliphatic carbocycles. The number of azo groups is 1. The van der Waals surface area contributed by atoms with Crippen LogP contribution in [0.5, 0.6) is 0 Å². The molecule has 5 heteroatoms. The maximum Gasteiger partial charge on any atom is 0.210 e. The first-order valence-corrected chi connectivity index (χ1v) is 5.18. The summed E-state index contributed by atoms with van der Waals surface area (Å²) in [5.74, 6) is 0. The minimum Gasteiger partial charge on any atom is -0.373 e. The molecule has 0 radical (unpaired) electrons. The van der Waals surface area contributed by atoms with Crippen LogP contribution in [0.4, 0.5) is 0 Å². The van der Waals surface area contributed by atoms with Crippen molar-refractivity contribution < 1.29 is 0 Å². The summed E-state index contributed by atoms with van der Waals surface area (Å²) < 4.78 is 0. The molecule has 2 N–H and O–H groups in total. The van der Waals surface area contributed by atoms with Gasteiger partial charge >= 0.3 is 0 Å². The molecule has 0 unspecified atom stereocenters. The van der Waals surface area contributed by atoms with Crippen LogP contribution in [-0.2, 0) is 6.54 Å². The van der Waals surface area contributed by atoms with Crippen molar-refractivity contribution in [2.75, 3.05) is 0 Å². The van der Waals surface area contributed by atoms with Crippen LogP contribution in [0.1, 0.15) is 5.69 Å². The lowest BCUT2D eigenvalue weighted by Gasteiger charge is -1.99. The van der Waals surface area contributed by atoms with Gasteiger partial charge in [-0.1, -0.05) is 24.3 Å². The van der Waals surface area contributed by atoms with Crippen molar-refractivity contribution in [2.45, 2.75) is 6.54 Å². The first-order chi connectivity index (χ1) is 7.75. The monoisotopic (exact) mass is 230 g/mol. The summed E-state index contributed by atoms with van der Waals surface area (Å²) in [6, 6.07) is 11.8. The highest BCUT2D eigenvalue weighted by Crippen LogP contribution is 2.12. The summed E-state index contributed by atoms with van der Waals surface area (Å²) in [4.78, 5) is 4.43. The van der Waals surface area contributed by atoms with Crippen molar-refractivity contribution in [3.8, 4) is 0 Å². The number of fused-ring (bicyclic) bond motifs is 1. The fourth-order valence-corrected chi connectivity index (χ4v) is 1.43. The molecular formula is C11H10N4S. The molecule has 0 aliphatic rings. The van der Waals surface area contributed by atoms with E-state index in [9.17, 15) is 0 Å². The smallest absolute Gasteiger partial charge is 0.210 e. The molecule has 80 valence electrons. The summed E-state index contributed by atoms with van der Waals surface area (Å²) in [5.41, 5.74) is 6.99.